The van der Waals surface area contributed by atoms with E-state index in [9.17, 15) is 4.79 Å². The topological polar surface area (TPSA) is 50.2 Å². The van der Waals surface area contributed by atoms with Crippen molar-refractivity contribution >= 4 is 16.6 Å². The van der Waals surface area contributed by atoms with E-state index in [1.165, 1.54) is 73.1 Å². The number of fused-ring (bicyclic) bond motifs is 3. The van der Waals surface area contributed by atoms with Gasteiger partial charge >= 0.3 is 0 Å². The van der Waals surface area contributed by atoms with Crippen molar-refractivity contribution in [2.45, 2.75) is 59.3 Å². The fraction of sp³-hybridized carbons (Fsp3) is 0.379. The molecule has 2 aliphatic carbocycles. The van der Waals surface area contributed by atoms with E-state index < -0.39 is 0 Å². The van der Waals surface area contributed by atoms with Gasteiger partial charge in [-0.3, -0.25) is 4.79 Å². The summed E-state index contributed by atoms with van der Waals surface area (Å²) < 4.78 is 0. The number of hydrogen-bond donors (Lipinski definition) is 1. The van der Waals surface area contributed by atoms with E-state index in [0.717, 1.165) is 23.1 Å². The van der Waals surface area contributed by atoms with Gasteiger partial charge in [-0.2, -0.15) is 0 Å². The van der Waals surface area contributed by atoms with Crippen LogP contribution in [-0.2, 0) is 24.9 Å². The Morgan fingerprint density at radius 2 is 1.82 bits per heavy atom. The predicted molar refractivity (Wildman–Crippen MR) is 131 cm³/mol. The summed E-state index contributed by atoms with van der Waals surface area (Å²) in [7, 11) is 0. The standard InChI is InChI=1S/C24H24N.C5H8O2.Ir/c1-15-9-16(2)11-19(10-15)24-21-6-4-3-5-20(21)23(14-25-24)22-13-17-7-8-18(22)12-17;1-4(6)3-5(2)7;/h3-6,9-10,14,17-18,22H,7-8,12-13H2,1-2H3;3,6H,1-2H3;/q-1;;/b;4-3-;. The second-order valence-corrected chi connectivity index (χ2v) is 9.54. The second-order valence-electron chi connectivity index (χ2n) is 9.54. The number of pyridine rings is 1. The summed E-state index contributed by atoms with van der Waals surface area (Å²) in [5, 5.41) is 11.0. The summed E-state index contributed by atoms with van der Waals surface area (Å²) in [6.45, 7) is 7.11. The Morgan fingerprint density at radius 1 is 1.09 bits per heavy atom. The van der Waals surface area contributed by atoms with Crippen LogP contribution in [0.3, 0.4) is 0 Å². The van der Waals surface area contributed by atoms with Gasteiger partial charge in [-0.25, -0.2) is 0 Å². The molecule has 1 aromatic heterocycles. The van der Waals surface area contributed by atoms with Gasteiger partial charge in [-0.15, -0.1) is 34.9 Å². The Bertz CT molecular complexity index is 1160. The van der Waals surface area contributed by atoms with Crippen LogP contribution in [0.1, 0.15) is 62.1 Å². The molecule has 0 amide bonds. The van der Waals surface area contributed by atoms with Crippen LogP contribution in [0.4, 0.5) is 0 Å². The molecule has 0 spiro atoms. The average Bonchev–Trinajstić information content (AvgIpc) is 3.35. The normalized spacial score (nSPS) is 21.3. The third-order valence-electron chi connectivity index (χ3n) is 6.78. The number of allylic oxidation sites excluding steroid dienone is 2. The van der Waals surface area contributed by atoms with Crippen molar-refractivity contribution in [2.24, 2.45) is 11.8 Å². The minimum absolute atomic E-state index is 0. The maximum Gasteiger partial charge on any atom is 0.155 e. The van der Waals surface area contributed by atoms with Crippen molar-refractivity contribution in [3.63, 3.8) is 0 Å². The zero-order valence-electron chi connectivity index (χ0n) is 19.8. The van der Waals surface area contributed by atoms with Crippen LogP contribution < -0.4 is 0 Å². The largest absolute Gasteiger partial charge is 0.512 e. The minimum atomic E-state index is -0.125. The third-order valence-corrected chi connectivity index (χ3v) is 6.78. The van der Waals surface area contributed by atoms with E-state index in [2.05, 4.69) is 62.5 Å². The first kappa shape index (κ1) is 25.3. The molecular formula is C29H32IrNO2-. The molecule has 1 heterocycles. The minimum Gasteiger partial charge on any atom is -0.512 e. The van der Waals surface area contributed by atoms with Crippen molar-refractivity contribution in [1.82, 2.24) is 4.98 Å². The predicted octanol–water partition coefficient (Wildman–Crippen LogP) is 7.26. The van der Waals surface area contributed by atoms with E-state index in [-0.39, 0.29) is 31.6 Å². The second kappa shape index (κ2) is 10.8. The number of aliphatic hydroxyl groups excluding tert-OH is 1. The molecule has 1 N–H and O–H groups in total. The molecule has 3 atom stereocenters. The molecule has 0 aliphatic heterocycles. The number of aryl methyl sites for hydroxylation is 2. The number of carbonyl (C=O) groups excluding carboxylic acids is 1. The van der Waals surface area contributed by atoms with Crippen LogP contribution in [0, 0.1) is 31.7 Å². The monoisotopic (exact) mass is 619 g/mol. The van der Waals surface area contributed by atoms with Gasteiger partial charge in [0.25, 0.3) is 0 Å². The summed E-state index contributed by atoms with van der Waals surface area (Å²) in [6, 6.07) is 16.7. The van der Waals surface area contributed by atoms with Crippen molar-refractivity contribution in [1.29, 1.82) is 0 Å². The van der Waals surface area contributed by atoms with Crippen molar-refractivity contribution < 1.29 is 30.0 Å². The smallest absolute Gasteiger partial charge is 0.155 e. The first-order valence-electron chi connectivity index (χ1n) is 11.6. The zero-order chi connectivity index (χ0) is 22.8. The SMILES string of the molecule is CC(=O)/C=C(/C)O.Cc1[c-]c(-c2ncc(C3CC4CCC3C4)c3ccccc23)cc(C)c1.[Ir]. The first-order chi connectivity index (χ1) is 15.3. The maximum absolute atomic E-state index is 10.0. The van der Waals surface area contributed by atoms with E-state index in [1.807, 2.05) is 0 Å². The number of nitrogens with zero attached hydrogens (tertiary/aromatic N) is 1. The van der Waals surface area contributed by atoms with Gasteiger partial charge in [0.2, 0.25) is 0 Å². The summed E-state index contributed by atoms with van der Waals surface area (Å²) >= 11 is 0. The van der Waals surface area contributed by atoms with Gasteiger partial charge in [-0.1, -0.05) is 44.5 Å². The summed E-state index contributed by atoms with van der Waals surface area (Å²) in [4.78, 5) is 15.0. The summed E-state index contributed by atoms with van der Waals surface area (Å²) in [5.41, 5.74) is 6.13. The molecule has 3 aromatic rings. The van der Waals surface area contributed by atoms with Gasteiger partial charge in [0, 0.05) is 32.4 Å². The van der Waals surface area contributed by atoms with Gasteiger partial charge in [0.1, 0.15) is 0 Å². The van der Waals surface area contributed by atoms with Crippen LogP contribution in [0.25, 0.3) is 22.0 Å². The van der Waals surface area contributed by atoms with Crippen LogP contribution in [0.5, 0.6) is 0 Å². The number of aliphatic hydroxyl groups is 1. The Morgan fingerprint density at radius 3 is 2.36 bits per heavy atom. The van der Waals surface area contributed by atoms with Crippen LogP contribution in [0.15, 0.2) is 54.4 Å². The Hall–Kier alpha value is -2.29. The molecule has 2 aliphatic rings. The number of rotatable bonds is 3. The zero-order valence-corrected chi connectivity index (χ0v) is 22.2. The quantitative estimate of drug-likeness (QED) is 0.191. The number of carbonyl (C=O) groups is 1. The summed E-state index contributed by atoms with van der Waals surface area (Å²) in [6.07, 6.45) is 9.00. The van der Waals surface area contributed by atoms with Crippen molar-refractivity contribution in [3.05, 3.63) is 77.2 Å². The van der Waals surface area contributed by atoms with Gasteiger partial charge in [0.15, 0.2) is 5.78 Å². The fourth-order valence-corrected chi connectivity index (χ4v) is 5.67. The molecular weight excluding hydrogens is 587 g/mol. The summed E-state index contributed by atoms with van der Waals surface area (Å²) in [5.74, 6) is 2.50. The Kier molecular flexibility index (Phi) is 8.26. The molecule has 3 unspecified atom stereocenters. The molecule has 2 aromatic carbocycles. The average molecular weight is 619 g/mol. The molecule has 3 nitrogen and oxygen atoms in total. The van der Waals surface area contributed by atoms with E-state index in [0.29, 0.717) is 5.92 Å². The Labute approximate surface area is 210 Å². The molecule has 0 saturated heterocycles. The Balaban J connectivity index is 0.000000337. The first-order valence-corrected chi connectivity index (χ1v) is 11.6. The van der Waals surface area contributed by atoms with Crippen molar-refractivity contribution in [2.75, 3.05) is 0 Å². The van der Waals surface area contributed by atoms with E-state index in [1.54, 1.807) is 0 Å². The van der Waals surface area contributed by atoms with Gasteiger partial charge in [0.05, 0.1) is 5.76 Å². The van der Waals surface area contributed by atoms with E-state index in [4.69, 9.17) is 10.1 Å². The molecule has 1 radical (unpaired) electrons. The number of benzene rings is 2. The molecule has 175 valence electrons. The van der Waals surface area contributed by atoms with Crippen LogP contribution >= 0.6 is 0 Å². The number of aromatic nitrogens is 1. The van der Waals surface area contributed by atoms with Crippen LogP contribution in [-0.4, -0.2) is 15.9 Å². The molecule has 2 fully saturated rings. The van der Waals surface area contributed by atoms with Gasteiger partial charge < -0.3 is 10.1 Å². The number of hydrogen-bond acceptors (Lipinski definition) is 3. The van der Waals surface area contributed by atoms with Gasteiger partial charge in [-0.05, 0) is 72.9 Å². The van der Waals surface area contributed by atoms with E-state index >= 15 is 0 Å². The molecule has 4 heteroatoms. The van der Waals surface area contributed by atoms with Crippen molar-refractivity contribution in [3.8, 4) is 11.3 Å². The third kappa shape index (κ3) is 5.80. The maximum atomic E-state index is 10.0. The molecule has 5 rings (SSSR count). The van der Waals surface area contributed by atoms with Crippen LogP contribution in [0.2, 0.25) is 0 Å². The molecule has 2 bridgehead atoms. The molecule has 33 heavy (non-hydrogen) atoms. The molecule has 2 saturated carbocycles. The number of ketones is 1. The fourth-order valence-electron chi connectivity index (χ4n) is 5.67.